The fourth-order valence-corrected chi connectivity index (χ4v) is 3.10. The van der Waals surface area contributed by atoms with Gasteiger partial charge in [-0.1, -0.05) is 55.8 Å². The van der Waals surface area contributed by atoms with E-state index in [2.05, 4.69) is 5.32 Å². The van der Waals surface area contributed by atoms with Crippen molar-refractivity contribution in [3.8, 4) is 0 Å². The van der Waals surface area contributed by atoms with Crippen molar-refractivity contribution in [3.63, 3.8) is 0 Å². The molecule has 0 aromatic heterocycles. The monoisotopic (exact) mass is 404 g/mol. The molecule has 0 unspecified atom stereocenters. The van der Waals surface area contributed by atoms with E-state index in [1.165, 1.54) is 11.0 Å². The summed E-state index contributed by atoms with van der Waals surface area (Å²) in [5.41, 5.74) is 1.17. The number of nitrogens with zero attached hydrogens (tertiary/aromatic N) is 1. The van der Waals surface area contributed by atoms with Crippen LogP contribution in [0.1, 0.15) is 37.8 Å². The summed E-state index contributed by atoms with van der Waals surface area (Å²) in [6, 6.07) is 12.7. The molecule has 2 aromatic rings. The van der Waals surface area contributed by atoms with Crippen molar-refractivity contribution in [3.05, 3.63) is 70.5 Å². The number of rotatable bonds is 9. The molecule has 150 valence electrons. The molecule has 0 fully saturated rings. The van der Waals surface area contributed by atoms with E-state index in [4.69, 9.17) is 11.6 Å². The Hall–Kier alpha value is -2.40. The zero-order valence-corrected chi connectivity index (χ0v) is 17.0. The second-order valence-corrected chi connectivity index (χ2v) is 7.07. The summed E-state index contributed by atoms with van der Waals surface area (Å²) in [5, 5.41) is 3.46. The van der Waals surface area contributed by atoms with Crippen LogP contribution in [0.2, 0.25) is 5.02 Å². The van der Waals surface area contributed by atoms with Gasteiger partial charge in [-0.25, -0.2) is 4.39 Å². The zero-order chi connectivity index (χ0) is 20.5. The maximum Gasteiger partial charge on any atom is 0.242 e. The Kier molecular flexibility index (Phi) is 8.45. The largest absolute Gasteiger partial charge is 0.354 e. The molecule has 2 rings (SSSR count). The normalized spacial score (nSPS) is 11.7. The molecule has 0 saturated carbocycles. The van der Waals surface area contributed by atoms with E-state index in [0.29, 0.717) is 23.6 Å². The predicted molar refractivity (Wildman–Crippen MR) is 109 cm³/mol. The lowest BCUT2D eigenvalue weighted by atomic mass is 10.1. The Bertz CT molecular complexity index is 795. The number of carbonyl (C=O) groups is 2. The second kappa shape index (κ2) is 10.8. The highest BCUT2D eigenvalue weighted by atomic mass is 35.5. The number of halogens is 2. The van der Waals surface area contributed by atoms with E-state index in [1.54, 1.807) is 30.3 Å². The lowest BCUT2D eigenvalue weighted by Crippen LogP contribution is -2.49. The highest BCUT2D eigenvalue weighted by molar-refractivity contribution is 6.30. The quantitative estimate of drug-likeness (QED) is 0.675. The van der Waals surface area contributed by atoms with Gasteiger partial charge in [0.25, 0.3) is 0 Å². The van der Waals surface area contributed by atoms with Crippen LogP contribution in [0.4, 0.5) is 4.39 Å². The maximum absolute atomic E-state index is 14.0. The van der Waals surface area contributed by atoms with Crippen molar-refractivity contribution in [1.82, 2.24) is 10.2 Å². The zero-order valence-electron chi connectivity index (χ0n) is 16.3. The average molecular weight is 405 g/mol. The lowest BCUT2D eigenvalue weighted by Gasteiger charge is -2.31. The molecule has 28 heavy (non-hydrogen) atoms. The summed E-state index contributed by atoms with van der Waals surface area (Å²) in [5.74, 6) is -0.912. The molecule has 0 spiro atoms. The molecule has 1 N–H and O–H groups in total. The van der Waals surface area contributed by atoms with Crippen LogP contribution in [0.3, 0.4) is 0 Å². The Balaban J connectivity index is 2.27. The molecule has 2 amide bonds. The summed E-state index contributed by atoms with van der Waals surface area (Å²) in [4.78, 5) is 27.2. The third-order valence-corrected chi connectivity index (χ3v) is 4.75. The van der Waals surface area contributed by atoms with Crippen LogP contribution in [0.15, 0.2) is 48.5 Å². The molecular formula is C22H26ClFN2O2. The molecule has 6 heteroatoms. The fourth-order valence-electron chi connectivity index (χ4n) is 2.98. The van der Waals surface area contributed by atoms with Gasteiger partial charge in [0.1, 0.15) is 11.9 Å². The SMILES string of the molecule is CCCNC(=O)[C@H](CC)N(Cc1ccc(Cl)cc1)C(=O)Cc1ccccc1F. The summed E-state index contributed by atoms with van der Waals surface area (Å²) in [7, 11) is 0. The molecule has 0 aliphatic rings. The minimum Gasteiger partial charge on any atom is -0.354 e. The molecule has 0 saturated heterocycles. The number of carbonyl (C=O) groups excluding carboxylic acids is 2. The Morgan fingerprint density at radius 1 is 1.11 bits per heavy atom. The molecule has 2 aromatic carbocycles. The molecule has 0 radical (unpaired) electrons. The number of nitrogens with one attached hydrogen (secondary N) is 1. The summed E-state index contributed by atoms with van der Waals surface area (Å²) in [6.07, 6.45) is 1.17. The first-order valence-electron chi connectivity index (χ1n) is 9.51. The average Bonchev–Trinajstić information content (AvgIpc) is 2.69. The second-order valence-electron chi connectivity index (χ2n) is 6.63. The Morgan fingerprint density at radius 3 is 2.39 bits per heavy atom. The highest BCUT2D eigenvalue weighted by Crippen LogP contribution is 2.17. The molecule has 4 nitrogen and oxygen atoms in total. The Labute approximate surface area is 170 Å². The van der Waals surface area contributed by atoms with Gasteiger partial charge in [0.15, 0.2) is 0 Å². The molecule has 1 atom stereocenters. The molecule has 0 heterocycles. The van der Waals surface area contributed by atoms with Gasteiger partial charge >= 0.3 is 0 Å². The Morgan fingerprint density at radius 2 is 1.79 bits per heavy atom. The fraction of sp³-hybridized carbons (Fsp3) is 0.364. The molecular weight excluding hydrogens is 379 g/mol. The summed E-state index contributed by atoms with van der Waals surface area (Å²) in [6.45, 7) is 4.63. The van der Waals surface area contributed by atoms with Gasteiger partial charge in [-0.05, 0) is 42.2 Å². The molecule has 0 aliphatic heterocycles. The van der Waals surface area contributed by atoms with Crippen LogP contribution in [-0.4, -0.2) is 29.3 Å². The highest BCUT2D eigenvalue weighted by Gasteiger charge is 2.28. The first kappa shape index (κ1) is 21.9. The van der Waals surface area contributed by atoms with Crippen LogP contribution < -0.4 is 5.32 Å². The van der Waals surface area contributed by atoms with E-state index in [-0.39, 0.29) is 24.8 Å². The van der Waals surface area contributed by atoms with E-state index in [9.17, 15) is 14.0 Å². The third kappa shape index (κ3) is 6.06. The number of hydrogen-bond acceptors (Lipinski definition) is 2. The van der Waals surface area contributed by atoms with Gasteiger partial charge in [-0.2, -0.15) is 0 Å². The van der Waals surface area contributed by atoms with Crippen LogP contribution in [0.5, 0.6) is 0 Å². The standard InChI is InChI=1S/C22H26ClFN2O2/c1-3-13-25-22(28)20(4-2)26(15-16-9-11-18(23)12-10-16)21(27)14-17-7-5-6-8-19(17)24/h5-12,20H,3-4,13-15H2,1-2H3,(H,25,28)/t20-/m0/s1. The van der Waals surface area contributed by atoms with Crippen molar-refractivity contribution in [2.24, 2.45) is 0 Å². The molecule has 0 bridgehead atoms. The van der Waals surface area contributed by atoms with Crippen molar-refractivity contribution in [1.29, 1.82) is 0 Å². The van der Waals surface area contributed by atoms with E-state index < -0.39 is 11.9 Å². The van der Waals surface area contributed by atoms with Gasteiger partial charge in [-0.15, -0.1) is 0 Å². The van der Waals surface area contributed by atoms with Crippen LogP contribution >= 0.6 is 11.6 Å². The number of benzene rings is 2. The predicted octanol–water partition coefficient (Wildman–Crippen LogP) is 4.36. The lowest BCUT2D eigenvalue weighted by molar-refractivity contribution is -0.141. The van der Waals surface area contributed by atoms with Crippen molar-refractivity contribution >= 4 is 23.4 Å². The van der Waals surface area contributed by atoms with Gasteiger partial charge < -0.3 is 10.2 Å². The van der Waals surface area contributed by atoms with E-state index in [1.807, 2.05) is 26.0 Å². The van der Waals surface area contributed by atoms with E-state index in [0.717, 1.165) is 12.0 Å². The van der Waals surface area contributed by atoms with Gasteiger partial charge in [-0.3, -0.25) is 9.59 Å². The van der Waals surface area contributed by atoms with Crippen molar-refractivity contribution in [2.45, 2.75) is 45.7 Å². The van der Waals surface area contributed by atoms with Gasteiger partial charge in [0.2, 0.25) is 11.8 Å². The third-order valence-electron chi connectivity index (χ3n) is 4.50. The van der Waals surface area contributed by atoms with Crippen LogP contribution in [0, 0.1) is 5.82 Å². The van der Waals surface area contributed by atoms with Crippen LogP contribution in [-0.2, 0) is 22.6 Å². The maximum atomic E-state index is 14.0. The number of amides is 2. The first-order chi connectivity index (χ1) is 13.5. The van der Waals surface area contributed by atoms with Crippen molar-refractivity contribution in [2.75, 3.05) is 6.54 Å². The minimum atomic E-state index is -0.624. The smallest absolute Gasteiger partial charge is 0.242 e. The summed E-state index contributed by atoms with van der Waals surface area (Å²) >= 11 is 5.95. The topological polar surface area (TPSA) is 49.4 Å². The van der Waals surface area contributed by atoms with Gasteiger partial charge in [0.05, 0.1) is 6.42 Å². The van der Waals surface area contributed by atoms with E-state index >= 15 is 0 Å². The first-order valence-corrected chi connectivity index (χ1v) is 9.89. The van der Waals surface area contributed by atoms with Crippen LogP contribution in [0.25, 0.3) is 0 Å². The molecule has 0 aliphatic carbocycles. The van der Waals surface area contributed by atoms with Gasteiger partial charge in [0, 0.05) is 18.1 Å². The summed E-state index contributed by atoms with van der Waals surface area (Å²) < 4.78 is 14.0. The van der Waals surface area contributed by atoms with Crippen molar-refractivity contribution < 1.29 is 14.0 Å². The minimum absolute atomic E-state index is 0.0994. The number of hydrogen-bond donors (Lipinski definition) is 1.